The maximum absolute atomic E-state index is 4.50. The summed E-state index contributed by atoms with van der Waals surface area (Å²) < 4.78 is 4.18. The van der Waals surface area contributed by atoms with Crippen LogP contribution in [0.1, 0.15) is 28.6 Å². The molecule has 4 rings (SSSR count). The number of hydrogen-bond acceptors (Lipinski definition) is 5. The number of aryl methyl sites for hydroxylation is 3. The third kappa shape index (κ3) is 4.11. The van der Waals surface area contributed by atoms with Crippen molar-refractivity contribution in [2.75, 3.05) is 13.1 Å². The van der Waals surface area contributed by atoms with Crippen molar-refractivity contribution in [2.45, 2.75) is 38.8 Å². The van der Waals surface area contributed by atoms with Crippen LogP contribution in [0.4, 0.5) is 0 Å². The molecule has 1 saturated heterocycles. The molecule has 0 aliphatic carbocycles. The average Bonchev–Trinajstić information content (AvgIpc) is 3.34. The van der Waals surface area contributed by atoms with E-state index < -0.39 is 0 Å². The Morgan fingerprint density at radius 2 is 2.12 bits per heavy atom. The Bertz CT molecular complexity index is 802. The monoisotopic (exact) mass is 378 g/mol. The van der Waals surface area contributed by atoms with E-state index in [-0.39, 0.29) is 12.4 Å². The largest absolute Gasteiger partial charge is 0.329 e. The highest BCUT2D eigenvalue weighted by Crippen LogP contribution is 2.22. The van der Waals surface area contributed by atoms with Crippen LogP contribution in [-0.2, 0) is 13.0 Å². The van der Waals surface area contributed by atoms with E-state index >= 15 is 0 Å². The minimum absolute atomic E-state index is 0. The molecule has 6 nitrogen and oxygen atoms in total. The van der Waals surface area contributed by atoms with E-state index in [0.717, 1.165) is 50.4 Å². The molecule has 0 atom stereocenters. The third-order valence-corrected chi connectivity index (χ3v) is 5.59. The molecule has 1 aliphatic heterocycles. The number of halogens is 1. The Balaban J connectivity index is 0.00000182. The summed E-state index contributed by atoms with van der Waals surface area (Å²) >= 11 is 1.86. The summed E-state index contributed by atoms with van der Waals surface area (Å²) in [7, 11) is 0. The lowest BCUT2D eigenvalue weighted by molar-refractivity contribution is 0.337. The number of imidazole rings is 1. The van der Waals surface area contributed by atoms with Gasteiger partial charge < -0.3 is 9.88 Å². The van der Waals surface area contributed by atoms with E-state index in [2.05, 4.69) is 44.2 Å². The highest BCUT2D eigenvalue weighted by molar-refractivity contribution is 7.11. The predicted molar refractivity (Wildman–Crippen MR) is 102 cm³/mol. The van der Waals surface area contributed by atoms with Crippen molar-refractivity contribution < 1.29 is 0 Å². The topological polar surface area (TPSA) is 60.6 Å². The molecule has 3 aromatic rings. The van der Waals surface area contributed by atoms with Gasteiger partial charge in [-0.15, -0.1) is 28.8 Å². The number of rotatable bonds is 5. The molecule has 4 heterocycles. The fourth-order valence-electron chi connectivity index (χ4n) is 3.20. The van der Waals surface area contributed by atoms with Gasteiger partial charge in [-0.2, -0.15) is 0 Å². The first-order valence-corrected chi connectivity index (χ1v) is 9.30. The normalized spacial score (nSPS) is 15.2. The Labute approximate surface area is 157 Å². The van der Waals surface area contributed by atoms with Crippen molar-refractivity contribution >= 4 is 23.7 Å². The van der Waals surface area contributed by atoms with Gasteiger partial charge in [0.05, 0.1) is 12.2 Å². The second kappa shape index (κ2) is 8.12. The molecule has 0 radical (unpaired) electrons. The summed E-state index contributed by atoms with van der Waals surface area (Å²) in [6, 6.07) is 4.84. The van der Waals surface area contributed by atoms with Crippen molar-refractivity contribution in [3.05, 3.63) is 40.5 Å². The lowest BCUT2D eigenvalue weighted by atomic mass is 10.1. The zero-order valence-electron chi connectivity index (χ0n) is 14.3. The van der Waals surface area contributed by atoms with Crippen LogP contribution in [-0.4, -0.2) is 37.6 Å². The maximum Gasteiger partial charge on any atom is 0.162 e. The zero-order valence-corrected chi connectivity index (χ0v) is 15.9. The fourth-order valence-corrected chi connectivity index (χ4v) is 4.08. The molecule has 1 fully saturated rings. The smallest absolute Gasteiger partial charge is 0.162 e. The number of thiophene rings is 1. The summed E-state index contributed by atoms with van der Waals surface area (Å²) in [5.74, 6) is 0.906. The minimum Gasteiger partial charge on any atom is -0.329 e. The second-order valence-corrected chi connectivity index (χ2v) is 7.64. The van der Waals surface area contributed by atoms with Crippen LogP contribution in [0.2, 0.25) is 0 Å². The van der Waals surface area contributed by atoms with Gasteiger partial charge in [0.2, 0.25) is 0 Å². The molecule has 0 unspecified atom stereocenters. The molecule has 25 heavy (non-hydrogen) atoms. The number of piperidine rings is 1. The van der Waals surface area contributed by atoms with Crippen molar-refractivity contribution in [3.63, 3.8) is 0 Å². The summed E-state index contributed by atoms with van der Waals surface area (Å²) in [6.07, 6.45) is 9.15. The van der Waals surface area contributed by atoms with Gasteiger partial charge in [-0.3, -0.25) is 0 Å². The number of hydrogen-bond donors (Lipinski definition) is 1. The Morgan fingerprint density at radius 1 is 1.28 bits per heavy atom. The highest BCUT2D eigenvalue weighted by atomic mass is 35.5. The molecule has 0 aromatic carbocycles. The summed E-state index contributed by atoms with van der Waals surface area (Å²) in [6.45, 7) is 5.16. The Morgan fingerprint density at radius 3 is 2.88 bits per heavy atom. The molecule has 8 heteroatoms. The molecule has 0 spiro atoms. The van der Waals surface area contributed by atoms with Gasteiger partial charge in [-0.25, -0.2) is 9.67 Å². The van der Waals surface area contributed by atoms with Crippen LogP contribution >= 0.6 is 23.7 Å². The first kappa shape index (κ1) is 18.1. The first-order chi connectivity index (χ1) is 11.8. The molecule has 1 N–H and O–H groups in total. The molecule has 1 aliphatic rings. The van der Waals surface area contributed by atoms with Crippen LogP contribution in [0.3, 0.4) is 0 Å². The van der Waals surface area contributed by atoms with E-state index in [9.17, 15) is 0 Å². The Hall–Kier alpha value is -1.70. The lowest BCUT2D eigenvalue weighted by Gasteiger charge is -2.22. The molecule has 0 amide bonds. The maximum atomic E-state index is 4.50. The minimum atomic E-state index is 0. The molecule has 134 valence electrons. The van der Waals surface area contributed by atoms with E-state index in [1.807, 2.05) is 34.6 Å². The number of nitrogens with one attached hydrogen (secondary N) is 1. The summed E-state index contributed by atoms with van der Waals surface area (Å²) in [5, 5.41) is 12.1. The van der Waals surface area contributed by atoms with Crippen molar-refractivity contribution in [1.82, 2.24) is 29.9 Å². The first-order valence-electron chi connectivity index (χ1n) is 8.49. The van der Waals surface area contributed by atoms with E-state index in [1.165, 1.54) is 9.75 Å². The molecule has 3 aromatic heterocycles. The van der Waals surface area contributed by atoms with E-state index in [0.29, 0.717) is 6.04 Å². The van der Waals surface area contributed by atoms with Crippen LogP contribution in [0.5, 0.6) is 0 Å². The van der Waals surface area contributed by atoms with Gasteiger partial charge in [0, 0.05) is 28.7 Å². The molecule has 0 saturated carbocycles. The predicted octanol–water partition coefficient (Wildman–Crippen LogP) is 3.10. The number of nitrogens with zero attached hydrogens (tertiary/aromatic N) is 5. The van der Waals surface area contributed by atoms with Crippen LogP contribution in [0.25, 0.3) is 11.5 Å². The molecule has 0 bridgehead atoms. The number of aromatic nitrogens is 5. The standard InChI is InChI=1S/C17H22N6S.ClH/c1-13-2-3-15(24-13)6-10-22-11-9-19-17(22)16-12-23(21-20-16)14-4-7-18-8-5-14;/h2-3,9,11-12,14,18H,4-8,10H2,1H3;1H. The van der Waals surface area contributed by atoms with Crippen LogP contribution < -0.4 is 5.32 Å². The van der Waals surface area contributed by atoms with Crippen LogP contribution in [0.15, 0.2) is 30.7 Å². The lowest BCUT2D eigenvalue weighted by Crippen LogP contribution is -2.29. The molecular weight excluding hydrogens is 356 g/mol. The van der Waals surface area contributed by atoms with Crippen molar-refractivity contribution in [3.8, 4) is 11.5 Å². The zero-order chi connectivity index (χ0) is 16.4. The van der Waals surface area contributed by atoms with Gasteiger partial charge >= 0.3 is 0 Å². The second-order valence-electron chi connectivity index (χ2n) is 6.27. The quantitative estimate of drug-likeness (QED) is 0.741. The van der Waals surface area contributed by atoms with Gasteiger partial charge in [0.15, 0.2) is 5.82 Å². The average molecular weight is 379 g/mol. The SMILES string of the molecule is Cc1ccc(CCn2ccnc2-c2cn(C3CCNCC3)nn2)s1.Cl. The van der Waals surface area contributed by atoms with Crippen LogP contribution in [0, 0.1) is 6.92 Å². The van der Waals surface area contributed by atoms with E-state index in [4.69, 9.17) is 0 Å². The van der Waals surface area contributed by atoms with Gasteiger partial charge in [-0.05, 0) is 51.4 Å². The highest BCUT2D eigenvalue weighted by Gasteiger charge is 2.18. The Kier molecular flexibility index (Phi) is 5.88. The molecular formula is C17H23ClN6S. The fraction of sp³-hybridized carbons (Fsp3) is 0.471. The van der Waals surface area contributed by atoms with Crippen molar-refractivity contribution in [2.24, 2.45) is 0 Å². The van der Waals surface area contributed by atoms with Gasteiger partial charge in [0.25, 0.3) is 0 Å². The van der Waals surface area contributed by atoms with Crippen molar-refractivity contribution in [1.29, 1.82) is 0 Å². The summed E-state index contributed by atoms with van der Waals surface area (Å²) in [5.41, 5.74) is 0.862. The van der Waals surface area contributed by atoms with Gasteiger partial charge in [-0.1, -0.05) is 5.21 Å². The van der Waals surface area contributed by atoms with Gasteiger partial charge in [0.1, 0.15) is 5.69 Å². The summed E-state index contributed by atoms with van der Waals surface area (Å²) in [4.78, 5) is 7.27. The third-order valence-electron chi connectivity index (χ3n) is 4.53. The van der Waals surface area contributed by atoms with E-state index in [1.54, 1.807) is 0 Å².